The summed E-state index contributed by atoms with van der Waals surface area (Å²) in [5, 5.41) is 8.82. The van der Waals surface area contributed by atoms with Crippen LogP contribution >= 0.6 is 0 Å². The van der Waals surface area contributed by atoms with Gasteiger partial charge in [-0.25, -0.2) is 0 Å². The van der Waals surface area contributed by atoms with Crippen molar-refractivity contribution in [3.8, 4) is 6.07 Å². The van der Waals surface area contributed by atoms with E-state index in [2.05, 4.69) is 19.1 Å². The fraction of sp³-hybridized carbons (Fsp3) is 0.364. The van der Waals surface area contributed by atoms with E-state index >= 15 is 0 Å². The molecule has 0 radical (unpaired) electrons. The van der Waals surface area contributed by atoms with E-state index in [9.17, 15) is 0 Å². The minimum absolute atomic E-state index is 0.785. The van der Waals surface area contributed by atoms with E-state index in [-0.39, 0.29) is 0 Å². The first-order valence-electron chi connectivity index (χ1n) is 4.39. The quantitative estimate of drug-likeness (QED) is 0.687. The van der Waals surface area contributed by atoms with Gasteiger partial charge in [-0.05, 0) is 30.2 Å². The van der Waals surface area contributed by atoms with Gasteiger partial charge < -0.3 is 4.90 Å². The number of nitriles is 1. The molecular formula is C11H14N2. The molecule has 0 aliphatic rings. The molecule has 1 rings (SSSR count). The van der Waals surface area contributed by atoms with Gasteiger partial charge in [0.05, 0.1) is 11.6 Å². The topological polar surface area (TPSA) is 27.0 Å². The van der Waals surface area contributed by atoms with E-state index in [0.717, 1.165) is 23.2 Å². The van der Waals surface area contributed by atoms with Crippen molar-refractivity contribution in [1.82, 2.24) is 0 Å². The molecule has 0 saturated carbocycles. The number of rotatable bonds is 2. The molecule has 0 aliphatic heterocycles. The molecule has 2 heteroatoms. The fourth-order valence-corrected chi connectivity index (χ4v) is 1.26. The highest BCUT2D eigenvalue weighted by Crippen LogP contribution is 2.17. The van der Waals surface area contributed by atoms with E-state index < -0.39 is 0 Å². The van der Waals surface area contributed by atoms with Crippen molar-refractivity contribution in [2.45, 2.75) is 13.3 Å². The molecule has 0 fully saturated rings. The van der Waals surface area contributed by atoms with Crippen LogP contribution in [0, 0.1) is 11.3 Å². The van der Waals surface area contributed by atoms with Crippen molar-refractivity contribution < 1.29 is 0 Å². The Morgan fingerprint density at radius 2 is 2.08 bits per heavy atom. The molecule has 0 saturated heterocycles. The Morgan fingerprint density at radius 3 is 2.54 bits per heavy atom. The van der Waals surface area contributed by atoms with Crippen molar-refractivity contribution in [2.75, 3.05) is 19.0 Å². The normalized spacial score (nSPS) is 9.38. The van der Waals surface area contributed by atoms with Crippen LogP contribution in [0.3, 0.4) is 0 Å². The van der Waals surface area contributed by atoms with Gasteiger partial charge in [0.1, 0.15) is 0 Å². The summed E-state index contributed by atoms with van der Waals surface area (Å²) >= 11 is 0. The van der Waals surface area contributed by atoms with Crippen LogP contribution in [0.25, 0.3) is 0 Å². The predicted molar refractivity (Wildman–Crippen MR) is 54.9 cm³/mol. The smallest absolute Gasteiger partial charge is 0.0994 e. The first kappa shape index (κ1) is 9.60. The molecule has 1 aromatic rings. The highest BCUT2D eigenvalue weighted by Gasteiger charge is 2.02. The third kappa shape index (κ3) is 2.00. The second-order valence-corrected chi connectivity index (χ2v) is 3.20. The zero-order valence-corrected chi connectivity index (χ0v) is 8.33. The van der Waals surface area contributed by atoms with Crippen LogP contribution in [0.5, 0.6) is 0 Å². The van der Waals surface area contributed by atoms with Crippen LogP contribution in [0.2, 0.25) is 0 Å². The lowest BCUT2D eigenvalue weighted by atomic mass is 10.1. The summed E-state index contributed by atoms with van der Waals surface area (Å²) in [5.74, 6) is 0. The van der Waals surface area contributed by atoms with Crippen molar-refractivity contribution in [3.63, 3.8) is 0 Å². The van der Waals surface area contributed by atoms with E-state index in [1.54, 1.807) is 0 Å². The molecule has 0 bridgehead atoms. The van der Waals surface area contributed by atoms with Gasteiger partial charge >= 0.3 is 0 Å². The van der Waals surface area contributed by atoms with E-state index in [0.29, 0.717) is 0 Å². The summed E-state index contributed by atoms with van der Waals surface area (Å²) in [6, 6.07) is 8.12. The minimum atomic E-state index is 0.785. The Hall–Kier alpha value is -1.49. The summed E-state index contributed by atoms with van der Waals surface area (Å²) < 4.78 is 0. The molecule has 0 aliphatic carbocycles. The zero-order chi connectivity index (χ0) is 9.84. The fourth-order valence-electron chi connectivity index (χ4n) is 1.26. The zero-order valence-electron chi connectivity index (χ0n) is 8.33. The highest BCUT2D eigenvalue weighted by atomic mass is 15.1. The second kappa shape index (κ2) is 3.95. The molecule has 2 nitrogen and oxygen atoms in total. The largest absolute Gasteiger partial charge is 0.378 e. The molecule has 0 atom stereocenters. The maximum atomic E-state index is 8.82. The summed E-state index contributed by atoms with van der Waals surface area (Å²) in [7, 11) is 4.00. The Bertz CT molecular complexity index is 334. The number of anilines is 1. The van der Waals surface area contributed by atoms with Crippen LogP contribution in [-0.4, -0.2) is 14.1 Å². The van der Waals surface area contributed by atoms with Gasteiger partial charge in [0.2, 0.25) is 0 Å². The highest BCUT2D eigenvalue weighted by molar-refractivity contribution is 5.52. The molecule has 13 heavy (non-hydrogen) atoms. The number of nitrogens with zero attached hydrogens (tertiary/aromatic N) is 2. The van der Waals surface area contributed by atoms with E-state index in [1.807, 2.05) is 31.1 Å². The van der Waals surface area contributed by atoms with Crippen LogP contribution in [0.4, 0.5) is 5.69 Å². The first-order chi connectivity index (χ1) is 6.19. The van der Waals surface area contributed by atoms with Gasteiger partial charge in [-0.3, -0.25) is 0 Å². The van der Waals surface area contributed by atoms with E-state index in [4.69, 9.17) is 5.26 Å². The van der Waals surface area contributed by atoms with Crippen LogP contribution in [-0.2, 0) is 6.42 Å². The monoisotopic (exact) mass is 174 g/mol. The van der Waals surface area contributed by atoms with Gasteiger partial charge in [-0.2, -0.15) is 5.26 Å². The lowest BCUT2D eigenvalue weighted by Gasteiger charge is -2.13. The Kier molecular flexibility index (Phi) is 2.92. The maximum Gasteiger partial charge on any atom is 0.0994 e. The number of hydrogen-bond donors (Lipinski definition) is 0. The predicted octanol–water partition coefficient (Wildman–Crippen LogP) is 2.19. The lowest BCUT2D eigenvalue weighted by Crippen LogP contribution is -2.09. The van der Waals surface area contributed by atoms with Crippen molar-refractivity contribution in [1.29, 1.82) is 5.26 Å². The van der Waals surface area contributed by atoms with Crippen molar-refractivity contribution >= 4 is 5.69 Å². The molecule has 0 aromatic heterocycles. The van der Waals surface area contributed by atoms with Gasteiger partial charge in [-0.15, -0.1) is 0 Å². The molecule has 68 valence electrons. The van der Waals surface area contributed by atoms with Gasteiger partial charge in [0, 0.05) is 19.8 Å². The van der Waals surface area contributed by atoms with Gasteiger partial charge in [-0.1, -0.05) is 6.92 Å². The summed E-state index contributed by atoms with van der Waals surface area (Å²) in [5.41, 5.74) is 3.05. The standard InChI is InChI=1S/C11H14N2/c1-4-9-7-11(13(2)3)6-5-10(9)8-12/h5-7H,4H2,1-3H3. The SMILES string of the molecule is CCc1cc(N(C)C)ccc1C#N. The van der Waals surface area contributed by atoms with Crippen molar-refractivity contribution in [3.05, 3.63) is 29.3 Å². The number of aryl methyl sites for hydroxylation is 1. The number of benzene rings is 1. The number of hydrogen-bond acceptors (Lipinski definition) is 2. The lowest BCUT2D eigenvalue weighted by molar-refractivity contribution is 1.09. The maximum absolute atomic E-state index is 8.82. The summed E-state index contributed by atoms with van der Waals surface area (Å²) in [6.07, 6.45) is 0.907. The first-order valence-corrected chi connectivity index (χ1v) is 4.39. The van der Waals surface area contributed by atoms with Gasteiger partial charge in [0.25, 0.3) is 0 Å². The van der Waals surface area contributed by atoms with Crippen LogP contribution in [0.1, 0.15) is 18.1 Å². The Balaban J connectivity index is 3.15. The summed E-state index contributed by atoms with van der Waals surface area (Å²) in [6.45, 7) is 2.07. The molecule has 0 heterocycles. The average molecular weight is 174 g/mol. The molecule has 0 amide bonds. The minimum Gasteiger partial charge on any atom is -0.378 e. The Labute approximate surface area is 79.4 Å². The van der Waals surface area contributed by atoms with Crippen LogP contribution in [0.15, 0.2) is 18.2 Å². The summed E-state index contributed by atoms with van der Waals surface area (Å²) in [4.78, 5) is 2.04. The average Bonchev–Trinajstić information content (AvgIpc) is 2.16. The van der Waals surface area contributed by atoms with Crippen LogP contribution < -0.4 is 4.90 Å². The van der Waals surface area contributed by atoms with Crippen molar-refractivity contribution in [2.24, 2.45) is 0 Å². The second-order valence-electron chi connectivity index (χ2n) is 3.20. The van der Waals surface area contributed by atoms with Gasteiger partial charge in [0.15, 0.2) is 0 Å². The third-order valence-corrected chi connectivity index (χ3v) is 2.11. The molecule has 0 N–H and O–H groups in total. The molecule has 0 unspecified atom stereocenters. The Morgan fingerprint density at radius 1 is 1.38 bits per heavy atom. The molecular weight excluding hydrogens is 160 g/mol. The molecule has 1 aromatic carbocycles. The molecule has 0 spiro atoms. The van der Waals surface area contributed by atoms with E-state index in [1.165, 1.54) is 0 Å². The third-order valence-electron chi connectivity index (χ3n) is 2.11.